The van der Waals surface area contributed by atoms with E-state index in [4.69, 9.17) is 0 Å². The number of fused-ring (bicyclic) bond motifs is 4. The van der Waals surface area contributed by atoms with Gasteiger partial charge in [0.05, 0.1) is 6.04 Å². The summed E-state index contributed by atoms with van der Waals surface area (Å²) in [6.07, 6.45) is 8.95. The predicted octanol–water partition coefficient (Wildman–Crippen LogP) is 4.13. The summed E-state index contributed by atoms with van der Waals surface area (Å²) in [6, 6.07) is 11.1. The predicted molar refractivity (Wildman–Crippen MR) is 106 cm³/mol. The Bertz CT molecular complexity index is 852. The van der Waals surface area contributed by atoms with E-state index in [1.54, 1.807) is 11.3 Å². The van der Waals surface area contributed by atoms with Crippen LogP contribution in [0.3, 0.4) is 0 Å². The van der Waals surface area contributed by atoms with Crippen molar-refractivity contribution in [3.8, 4) is 0 Å². The van der Waals surface area contributed by atoms with Crippen molar-refractivity contribution >= 4 is 10.9 Å². The van der Waals surface area contributed by atoms with Crippen LogP contribution >= 0.6 is 0 Å². The summed E-state index contributed by atoms with van der Waals surface area (Å²) in [5, 5.41) is 1.46. The third kappa shape index (κ3) is 1.96. The van der Waals surface area contributed by atoms with Gasteiger partial charge in [-0.25, -0.2) is 0 Å². The van der Waals surface area contributed by atoms with Crippen molar-refractivity contribution in [3.63, 3.8) is 0 Å². The zero-order valence-electron chi connectivity index (χ0n) is 15.5. The molecule has 26 heavy (non-hydrogen) atoms. The molecule has 3 saturated heterocycles. The molecule has 5 heterocycles. The van der Waals surface area contributed by atoms with Gasteiger partial charge in [-0.3, -0.25) is 9.80 Å². The largest absolute Gasteiger partial charge is 0.357 e. The second-order valence-corrected chi connectivity index (χ2v) is 8.88. The van der Waals surface area contributed by atoms with E-state index in [1.807, 2.05) is 0 Å². The van der Waals surface area contributed by atoms with Crippen molar-refractivity contribution < 1.29 is 0 Å². The van der Waals surface area contributed by atoms with Gasteiger partial charge >= 0.3 is 0 Å². The maximum absolute atomic E-state index is 4.04. The smallest absolute Gasteiger partial charge is 0.0547 e. The molecule has 1 aliphatic carbocycles. The van der Waals surface area contributed by atoms with Gasteiger partial charge in [0, 0.05) is 41.8 Å². The lowest BCUT2D eigenvalue weighted by atomic mass is 9.60. The number of benzene rings is 1. The molecule has 1 saturated carbocycles. The van der Waals surface area contributed by atoms with E-state index in [0.29, 0.717) is 6.04 Å². The lowest BCUT2D eigenvalue weighted by Gasteiger charge is -2.63. The Kier molecular flexibility index (Phi) is 3.40. The van der Waals surface area contributed by atoms with Crippen molar-refractivity contribution in [1.82, 2.24) is 14.8 Å². The quantitative estimate of drug-likeness (QED) is 0.826. The average molecular weight is 348 g/mol. The van der Waals surface area contributed by atoms with E-state index in [9.17, 15) is 0 Å². The van der Waals surface area contributed by atoms with Gasteiger partial charge in [-0.05, 0) is 62.1 Å². The fourth-order valence-electron chi connectivity index (χ4n) is 7.13. The number of hydrogen-bond acceptors (Lipinski definition) is 2. The van der Waals surface area contributed by atoms with Gasteiger partial charge in [0.25, 0.3) is 0 Å². The molecule has 136 valence electrons. The van der Waals surface area contributed by atoms with E-state index < -0.39 is 0 Å². The molecule has 3 nitrogen and oxygen atoms in total. The first-order chi connectivity index (χ1) is 12.9. The van der Waals surface area contributed by atoms with Gasteiger partial charge in [0.15, 0.2) is 0 Å². The van der Waals surface area contributed by atoms with Crippen molar-refractivity contribution in [2.75, 3.05) is 19.6 Å². The lowest BCUT2D eigenvalue weighted by Crippen LogP contribution is -2.67. The minimum Gasteiger partial charge on any atom is -0.357 e. The summed E-state index contributed by atoms with van der Waals surface area (Å²) in [5.41, 5.74) is 4.50. The summed E-state index contributed by atoms with van der Waals surface area (Å²) in [5.74, 6) is 1.65. The molecular formula is C23H29N3. The molecule has 5 atom stereocenters. The zero-order valence-corrected chi connectivity index (χ0v) is 15.5. The molecule has 4 aliphatic heterocycles. The molecule has 1 unspecified atom stereocenters. The third-order valence-electron chi connectivity index (χ3n) is 7.89. The van der Waals surface area contributed by atoms with Crippen LogP contribution in [0, 0.1) is 11.8 Å². The number of aromatic amines is 1. The van der Waals surface area contributed by atoms with E-state index in [-0.39, 0.29) is 0 Å². The maximum atomic E-state index is 4.04. The normalized spacial score (nSPS) is 36.5. The number of H-pyrrole nitrogens is 1. The fraction of sp³-hybridized carbons (Fsp3) is 0.565. The van der Waals surface area contributed by atoms with Crippen LogP contribution in [-0.2, 0) is 6.42 Å². The first-order valence-corrected chi connectivity index (χ1v) is 10.6. The number of hydrogen-bond donors (Lipinski definition) is 1. The molecule has 3 heteroatoms. The van der Waals surface area contributed by atoms with Crippen molar-refractivity contribution in [2.45, 2.75) is 50.2 Å². The average Bonchev–Trinajstić information content (AvgIpc) is 3.08. The molecule has 0 radical (unpaired) electrons. The number of rotatable bonds is 2. The third-order valence-corrected chi connectivity index (χ3v) is 7.89. The van der Waals surface area contributed by atoms with Crippen LogP contribution in [0.1, 0.15) is 43.0 Å². The molecule has 7 rings (SSSR count). The number of piperidine rings is 3. The first kappa shape index (κ1) is 15.5. The minimum atomic E-state index is 0.608. The Morgan fingerprint density at radius 2 is 2.04 bits per heavy atom. The van der Waals surface area contributed by atoms with E-state index >= 15 is 0 Å². The van der Waals surface area contributed by atoms with Crippen molar-refractivity contribution in [3.05, 3.63) is 48.2 Å². The Labute approximate surface area is 156 Å². The van der Waals surface area contributed by atoms with Gasteiger partial charge in [-0.1, -0.05) is 24.3 Å². The van der Waals surface area contributed by atoms with Gasteiger partial charge in [-0.2, -0.15) is 0 Å². The molecule has 1 aromatic heterocycles. The van der Waals surface area contributed by atoms with Crippen LogP contribution in [0.15, 0.2) is 36.9 Å². The molecule has 0 amide bonds. The second-order valence-electron chi connectivity index (χ2n) is 8.88. The monoisotopic (exact) mass is 347 g/mol. The van der Waals surface area contributed by atoms with Gasteiger partial charge in [0.2, 0.25) is 0 Å². The molecular weight excluding hydrogens is 318 g/mol. The highest BCUT2D eigenvalue weighted by molar-refractivity contribution is 5.85. The number of nitrogens with zero attached hydrogens (tertiary/aromatic N) is 2. The fourth-order valence-corrected chi connectivity index (χ4v) is 7.13. The van der Waals surface area contributed by atoms with Gasteiger partial charge in [0.1, 0.15) is 0 Å². The molecule has 0 spiro atoms. The standard InChI is InChI=1S/C23H29N3/c1-2-12-25-13-5-7-17-20-10-9-18(22(17)25)23-21-16(11-14-26(20)23)15-6-3-4-8-19(15)24-21/h2-4,6,8,17-18,20,22-24H,1,5,7,9-14H2/t17-,18+,20?,22-,23+/m0/s1. The maximum Gasteiger partial charge on any atom is 0.0547 e. The minimum absolute atomic E-state index is 0.608. The summed E-state index contributed by atoms with van der Waals surface area (Å²) < 4.78 is 0. The SMILES string of the molecule is C=CCN1CCC[C@H]2C3CC[C@H]([C@H]21)[C@@H]1c2[nH]c4ccccc4c2CCN31. The van der Waals surface area contributed by atoms with Crippen LogP contribution in [0.5, 0.6) is 0 Å². The molecule has 5 aliphatic rings. The lowest BCUT2D eigenvalue weighted by molar-refractivity contribution is -0.130. The summed E-state index contributed by atoms with van der Waals surface area (Å²) in [4.78, 5) is 9.54. The molecule has 1 aromatic carbocycles. The molecule has 2 bridgehead atoms. The number of likely N-dealkylation sites (tertiary alicyclic amines) is 1. The number of aromatic nitrogens is 1. The van der Waals surface area contributed by atoms with Gasteiger partial charge in [-0.15, -0.1) is 6.58 Å². The van der Waals surface area contributed by atoms with Gasteiger partial charge < -0.3 is 4.98 Å². The summed E-state index contributed by atoms with van der Waals surface area (Å²) in [7, 11) is 0. The Hall–Kier alpha value is -1.58. The van der Waals surface area contributed by atoms with E-state index in [1.165, 1.54) is 56.1 Å². The number of para-hydroxylation sites is 1. The molecule has 4 fully saturated rings. The first-order valence-electron chi connectivity index (χ1n) is 10.6. The van der Waals surface area contributed by atoms with Crippen LogP contribution in [-0.4, -0.2) is 46.5 Å². The topological polar surface area (TPSA) is 22.3 Å². The van der Waals surface area contributed by atoms with E-state index in [2.05, 4.69) is 51.7 Å². The second kappa shape index (κ2) is 5.71. The Morgan fingerprint density at radius 1 is 1.12 bits per heavy atom. The molecule has 2 aromatic rings. The summed E-state index contributed by atoms with van der Waals surface area (Å²) >= 11 is 0. The Morgan fingerprint density at radius 3 is 2.96 bits per heavy atom. The van der Waals surface area contributed by atoms with Crippen LogP contribution in [0.25, 0.3) is 10.9 Å². The molecule has 1 N–H and O–H groups in total. The van der Waals surface area contributed by atoms with Crippen LogP contribution in [0.2, 0.25) is 0 Å². The summed E-state index contributed by atoms with van der Waals surface area (Å²) in [6.45, 7) is 7.63. The zero-order chi connectivity index (χ0) is 17.3. The highest BCUT2D eigenvalue weighted by atomic mass is 15.3. The van der Waals surface area contributed by atoms with Crippen LogP contribution in [0.4, 0.5) is 0 Å². The Balaban J connectivity index is 1.47. The van der Waals surface area contributed by atoms with E-state index in [0.717, 1.165) is 30.5 Å². The highest BCUT2D eigenvalue weighted by Gasteiger charge is 2.56. The van der Waals surface area contributed by atoms with Crippen molar-refractivity contribution in [1.29, 1.82) is 0 Å². The highest BCUT2D eigenvalue weighted by Crippen LogP contribution is 2.56. The van der Waals surface area contributed by atoms with Crippen LogP contribution < -0.4 is 0 Å². The number of nitrogens with one attached hydrogen (secondary N) is 1. The van der Waals surface area contributed by atoms with Crippen molar-refractivity contribution in [2.24, 2.45) is 11.8 Å².